The maximum atomic E-state index is 12.3. The monoisotopic (exact) mass is 1030 g/mol. The van der Waals surface area contributed by atoms with Crippen molar-refractivity contribution in [3.05, 3.63) is 167 Å². The van der Waals surface area contributed by atoms with E-state index in [1.807, 2.05) is 32.0 Å². The number of fused-ring (bicyclic) bond motifs is 1. The van der Waals surface area contributed by atoms with Crippen molar-refractivity contribution in [1.82, 2.24) is 14.5 Å². The largest absolute Gasteiger partial charge is 0.507 e. The summed E-state index contributed by atoms with van der Waals surface area (Å²) in [4.78, 5) is 10.3. The fraction of sp³-hybridized carbons (Fsp3) is 0.288. The number of hydrogen-bond donors (Lipinski definition) is 1. The summed E-state index contributed by atoms with van der Waals surface area (Å²) in [7, 11) is 0. The van der Waals surface area contributed by atoms with Crippen molar-refractivity contribution in [2.75, 3.05) is 0 Å². The molecule has 1 N–H and O–H groups in total. The van der Waals surface area contributed by atoms with E-state index >= 15 is 0 Å². The fourth-order valence-electron chi connectivity index (χ4n) is 8.49. The molecule has 0 atom stereocenters. The van der Waals surface area contributed by atoms with E-state index in [2.05, 4.69) is 147 Å². The van der Waals surface area contributed by atoms with E-state index in [1.54, 1.807) is 18.3 Å². The molecule has 0 spiro atoms. The molecule has 5 heteroatoms. The minimum Gasteiger partial charge on any atom is -0.507 e. The Morgan fingerprint density at radius 1 is 0.656 bits per heavy atom. The molecule has 2 heterocycles. The van der Waals surface area contributed by atoms with E-state index in [-0.39, 0.29) is 67.1 Å². The maximum absolute atomic E-state index is 12.3. The predicted octanol–water partition coefficient (Wildman–Crippen LogP) is 16.2. The number of aromatic nitrogens is 3. The summed E-state index contributed by atoms with van der Waals surface area (Å²) in [6.45, 7) is 25.4. The van der Waals surface area contributed by atoms with Crippen molar-refractivity contribution in [3.63, 3.8) is 0 Å². The Morgan fingerprint density at radius 3 is 2.03 bits per heavy atom. The van der Waals surface area contributed by atoms with Gasteiger partial charge in [-0.2, -0.15) is 0 Å². The Kier molecular flexibility index (Phi) is 11.0. The van der Waals surface area contributed by atoms with Crippen LogP contribution in [0.5, 0.6) is 5.75 Å². The SMILES string of the molecule is [2H]c1c([2H])c([2H])c(-c2ccnc(-c3[c-]c(-c4cccc5c4nc(-c4cc(C(C)C)cc(C(C)C)c4O)n5-c4ccc(-c5ccccc5C(C)(C)C)c(C([2H])(C)C)c4)cc(C(C)(C)C)c3)c2)c([2H])c1[2H].[Pt]. The van der Waals surface area contributed by atoms with Gasteiger partial charge in [0.1, 0.15) is 11.6 Å². The summed E-state index contributed by atoms with van der Waals surface area (Å²) >= 11 is 0. The second-order valence-electron chi connectivity index (χ2n) is 19.7. The molecule has 8 aromatic rings. The molecule has 6 aromatic carbocycles. The molecule has 0 aliphatic rings. The summed E-state index contributed by atoms with van der Waals surface area (Å²) < 4.78 is 53.9. The smallest absolute Gasteiger partial charge is 0.148 e. The van der Waals surface area contributed by atoms with Crippen LogP contribution in [0.3, 0.4) is 0 Å². The number of phenols is 1. The second kappa shape index (κ2) is 18.1. The second-order valence-corrected chi connectivity index (χ2v) is 19.7. The molecule has 0 aliphatic carbocycles. The molecule has 0 saturated heterocycles. The van der Waals surface area contributed by atoms with Crippen LogP contribution in [0.2, 0.25) is 0 Å². The van der Waals surface area contributed by atoms with Crippen LogP contribution in [0.15, 0.2) is 133 Å². The van der Waals surface area contributed by atoms with Gasteiger partial charge in [0.25, 0.3) is 0 Å². The Balaban J connectivity index is 0.00000722. The molecular formula is C59H62N3OPt-. The molecule has 0 radical (unpaired) electrons. The van der Waals surface area contributed by atoms with Crippen LogP contribution in [0.4, 0.5) is 0 Å². The van der Waals surface area contributed by atoms with Gasteiger partial charge in [-0.15, -0.1) is 29.3 Å². The number of imidazole rings is 1. The summed E-state index contributed by atoms with van der Waals surface area (Å²) in [6, 6.07) is 34.6. The third-order valence-electron chi connectivity index (χ3n) is 12.1. The number of para-hydroxylation sites is 1. The van der Waals surface area contributed by atoms with Gasteiger partial charge in [0.15, 0.2) is 0 Å². The quantitative estimate of drug-likeness (QED) is 0.147. The first-order valence-electron chi connectivity index (χ1n) is 25.0. The van der Waals surface area contributed by atoms with Gasteiger partial charge in [-0.1, -0.05) is 179 Å². The third kappa shape index (κ3) is 9.05. The van der Waals surface area contributed by atoms with Gasteiger partial charge >= 0.3 is 0 Å². The third-order valence-corrected chi connectivity index (χ3v) is 12.1. The molecule has 0 saturated carbocycles. The molecular weight excluding hydrogens is 962 g/mol. The van der Waals surface area contributed by atoms with Crippen LogP contribution in [0, 0.1) is 6.07 Å². The zero-order chi connectivity index (χ0) is 50.2. The van der Waals surface area contributed by atoms with Crippen molar-refractivity contribution in [3.8, 4) is 67.5 Å². The molecule has 2 aromatic heterocycles. The molecule has 8 rings (SSSR count). The first kappa shape index (κ1) is 38.8. The predicted molar refractivity (Wildman–Crippen MR) is 266 cm³/mol. The first-order chi connectivity index (χ1) is 32.3. The van der Waals surface area contributed by atoms with Crippen LogP contribution in [0.1, 0.15) is 137 Å². The van der Waals surface area contributed by atoms with E-state index in [9.17, 15) is 6.48 Å². The van der Waals surface area contributed by atoms with E-state index in [1.165, 1.54) is 5.56 Å². The van der Waals surface area contributed by atoms with Crippen molar-refractivity contribution in [1.29, 1.82) is 0 Å². The topological polar surface area (TPSA) is 50.9 Å². The Bertz CT molecular complexity index is 3290. The molecule has 0 amide bonds. The van der Waals surface area contributed by atoms with Gasteiger partial charge in [0, 0.05) is 40.0 Å². The number of phenolic OH excluding ortho intramolecular Hbond substituents is 1. The molecule has 0 fully saturated rings. The van der Waals surface area contributed by atoms with Gasteiger partial charge in [-0.25, -0.2) is 4.98 Å². The summed E-state index contributed by atoms with van der Waals surface area (Å²) in [5, 5.41) is 12.3. The number of aromatic hydroxyl groups is 1. The van der Waals surface area contributed by atoms with Crippen LogP contribution in [0.25, 0.3) is 72.7 Å². The van der Waals surface area contributed by atoms with E-state index in [0.717, 1.165) is 55.7 Å². The van der Waals surface area contributed by atoms with E-state index < -0.39 is 24.0 Å². The zero-order valence-electron chi connectivity index (χ0n) is 45.1. The van der Waals surface area contributed by atoms with Crippen LogP contribution >= 0.6 is 0 Å². The zero-order valence-corrected chi connectivity index (χ0v) is 41.3. The van der Waals surface area contributed by atoms with Gasteiger partial charge in [-0.3, -0.25) is 9.55 Å². The Labute approximate surface area is 404 Å². The van der Waals surface area contributed by atoms with Gasteiger partial charge < -0.3 is 5.11 Å². The normalized spacial score (nSPS) is 13.6. The number of hydrogen-bond acceptors (Lipinski definition) is 3. The van der Waals surface area contributed by atoms with E-state index in [0.29, 0.717) is 33.7 Å². The van der Waals surface area contributed by atoms with Crippen molar-refractivity contribution < 1.29 is 34.4 Å². The van der Waals surface area contributed by atoms with Crippen molar-refractivity contribution in [2.45, 2.75) is 112 Å². The van der Waals surface area contributed by atoms with Crippen molar-refractivity contribution >= 4 is 11.0 Å². The standard InChI is InChI=1S/C59H62N3O.Pt/c1-36(2)41-32-50(38(5)6)56(63)51(33-41)57-61-55-46(42-29-43(31-44(30-42)58(7,8)9)53-34-40(27-28-60-53)39-19-14-13-15-20-39)22-18-24-54(55)62(57)45-25-26-47(49(35-45)37(3)4)48-21-16-17-23-52(48)59(10,11)12;/h13-28,30-38,63H,1-12H3;/q-1;/i13D,14D,15D,19D,20D,37D;. The molecule has 0 bridgehead atoms. The molecule has 4 nitrogen and oxygen atoms in total. The minimum absolute atomic E-state index is 0. The van der Waals surface area contributed by atoms with E-state index in [4.69, 9.17) is 16.8 Å². The number of pyridine rings is 1. The summed E-state index contributed by atoms with van der Waals surface area (Å²) in [5.74, 6) is -0.0350. The van der Waals surface area contributed by atoms with Crippen LogP contribution in [-0.4, -0.2) is 19.6 Å². The number of rotatable bonds is 9. The molecule has 330 valence electrons. The van der Waals surface area contributed by atoms with Crippen molar-refractivity contribution in [2.24, 2.45) is 0 Å². The number of benzene rings is 6. The minimum atomic E-state index is -0.991. The fourth-order valence-corrected chi connectivity index (χ4v) is 8.49. The van der Waals surface area contributed by atoms with Gasteiger partial charge in [0.05, 0.1) is 23.5 Å². The summed E-state index contributed by atoms with van der Waals surface area (Å²) in [6.07, 6.45) is 1.60. The number of nitrogens with zero attached hydrogens (tertiary/aromatic N) is 3. The Hall–Kier alpha value is -5.57. The van der Waals surface area contributed by atoms with Gasteiger partial charge in [0.2, 0.25) is 0 Å². The summed E-state index contributed by atoms with van der Waals surface area (Å²) in [5.41, 5.74) is 12.9. The van der Waals surface area contributed by atoms with Crippen LogP contribution in [-0.2, 0) is 31.9 Å². The molecule has 0 aliphatic heterocycles. The average molecular weight is 1030 g/mol. The molecule has 0 unspecified atom stereocenters. The average Bonchev–Trinajstić information content (AvgIpc) is 3.69. The van der Waals surface area contributed by atoms with Crippen LogP contribution < -0.4 is 0 Å². The molecule has 64 heavy (non-hydrogen) atoms. The first-order valence-corrected chi connectivity index (χ1v) is 22.0. The van der Waals surface area contributed by atoms with Gasteiger partial charge in [-0.05, 0) is 103 Å². The Morgan fingerprint density at radius 2 is 1.36 bits per heavy atom. The maximum Gasteiger partial charge on any atom is 0.148 e.